The Kier molecular flexibility index (Phi) is 7.63. The summed E-state index contributed by atoms with van der Waals surface area (Å²) in [4.78, 5) is 2.96. The molecule has 5 rings (SSSR count). The zero-order valence-corrected chi connectivity index (χ0v) is 21.8. The van der Waals surface area contributed by atoms with Crippen molar-refractivity contribution in [3.8, 4) is 5.75 Å². The molecular weight excluding hydrogens is 468 g/mol. The van der Waals surface area contributed by atoms with Gasteiger partial charge in [0.2, 0.25) is 0 Å². The number of rotatable bonds is 7. The van der Waals surface area contributed by atoms with E-state index < -0.39 is 10.0 Å². The smallest absolute Gasteiger partial charge is 0.264 e. The highest BCUT2D eigenvalue weighted by atomic mass is 32.2. The lowest BCUT2D eigenvalue weighted by Crippen LogP contribution is -2.51. The summed E-state index contributed by atoms with van der Waals surface area (Å²) in [5.74, 6) is 1.21. The Morgan fingerprint density at radius 2 is 1.47 bits per heavy atom. The van der Waals surface area contributed by atoms with Gasteiger partial charge in [-0.25, -0.2) is 8.42 Å². The minimum absolute atomic E-state index is 0.0997. The molecule has 1 aliphatic carbocycles. The maximum absolute atomic E-state index is 13.9. The van der Waals surface area contributed by atoms with E-state index in [0.29, 0.717) is 28.3 Å². The number of methoxy groups -OCH3 is 1. The molecule has 3 aromatic rings. The Bertz CT molecular complexity index is 1230. The second-order valence-electron chi connectivity index (χ2n) is 9.95. The summed E-state index contributed by atoms with van der Waals surface area (Å²) in [5, 5.41) is 0. The van der Waals surface area contributed by atoms with Crippen molar-refractivity contribution in [2.45, 2.75) is 61.4 Å². The third kappa shape index (κ3) is 5.16. The molecule has 2 aliphatic rings. The van der Waals surface area contributed by atoms with Crippen molar-refractivity contribution < 1.29 is 13.2 Å². The highest BCUT2D eigenvalue weighted by molar-refractivity contribution is 7.92. The standard InChI is InChI=1S/C30H36N2O3S/c1-35-27-14-10-13-26(23-27)32(36(33,34)28-15-6-3-7-16-28)25-19-21-31(22-20-25)30-18-9-8-17-29(30)24-11-4-2-5-12-24/h2-7,10-16,23,25,29-30H,8-9,17-22H2,1H3/t29-,30-/m1/s1. The number of piperidine rings is 1. The van der Waals surface area contributed by atoms with Crippen LogP contribution in [0.25, 0.3) is 0 Å². The quantitative estimate of drug-likeness (QED) is 0.391. The molecule has 1 heterocycles. The topological polar surface area (TPSA) is 49.9 Å². The summed E-state index contributed by atoms with van der Waals surface area (Å²) in [5.41, 5.74) is 2.10. The Hall–Kier alpha value is -2.83. The summed E-state index contributed by atoms with van der Waals surface area (Å²) in [6.07, 6.45) is 6.61. The fourth-order valence-corrected chi connectivity index (χ4v) is 7.81. The molecule has 3 aromatic carbocycles. The number of likely N-dealkylation sites (tertiary alicyclic amines) is 1. The second-order valence-corrected chi connectivity index (χ2v) is 11.8. The van der Waals surface area contributed by atoms with E-state index >= 15 is 0 Å². The Labute approximate surface area is 215 Å². The molecule has 5 nitrogen and oxygen atoms in total. The molecule has 1 aliphatic heterocycles. The number of benzene rings is 3. The van der Waals surface area contributed by atoms with Crippen LogP contribution in [0.4, 0.5) is 5.69 Å². The minimum atomic E-state index is -3.72. The largest absolute Gasteiger partial charge is 0.497 e. The molecule has 0 aromatic heterocycles. The monoisotopic (exact) mass is 504 g/mol. The van der Waals surface area contributed by atoms with Crippen molar-refractivity contribution in [3.63, 3.8) is 0 Å². The predicted molar refractivity (Wildman–Crippen MR) is 145 cm³/mol. The highest BCUT2D eigenvalue weighted by Gasteiger charge is 2.38. The van der Waals surface area contributed by atoms with Crippen molar-refractivity contribution in [1.82, 2.24) is 4.90 Å². The lowest BCUT2D eigenvalue weighted by atomic mass is 9.78. The number of hydrogen-bond donors (Lipinski definition) is 0. The molecule has 0 bridgehead atoms. The van der Waals surface area contributed by atoms with Crippen molar-refractivity contribution in [3.05, 3.63) is 90.5 Å². The van der Waals surface area contributed by atoms with Gasteiger partial charge in [-0.1, -0.05) is 67.4 Å². The SMILES string of the molecule is COc1cccc(N(C2CCN([C@@H]3CCCC[C@@H]3c3ccccc3)CC2)S(=O)(=O)c2ccccc2)c1. The van der Waals surface area contributed by atoms with Crippen LogP contribution in [-0.4, -0.2) is 45.6 Å². The normalized spacial score (nSPS) is 21.7. The molecule has 0 spiro atoms. The first-order valence-electron chi connectivity index (χ1n) is 13.1. The van der Waals surface area contributed by atoms with Crippen molar-refractivity contribution in [2.75, 3.05) is 24.5 Å². The van der Waals surface area contributed by atoms with Crippen LogP contribution in [0.2, 0.25) is 0 Å². The van der Waals surface area contributed by atoms with Crippen molar-refractivity contribution in [1.29, 1.82) is 0 Å². The number of hydrogen-bond acceptors (Lipinski definition) is 4. The van der Waals surface area contributed by atoms with Gasteiger partial charge in [0, 0.05) is 31.2 Å². The predicted octanol–water partition coefficient (Wildman–Crippen LogP) is 6.08. The van der Waals surface area contributed by atoms with Crippen LogP contribution in [0.1, 0.15) is 50.0 Å². The summed E-state index contributed by atoms with van der Waals surface area (Å²) >= 11 is 0. The van der Waals surface area contributed by atoms with Gasteiger partial charge < -0.3 is 4.74 Å². The molecule has 0 unspecified atom stereocenters. The highest BCUT2D eigenvalue weighted by Crippen LogP contribution is 2.39. The van der Waals surface area contributed by atoms with E-state index in [1.165, 1.54) is 31.2 Å². The van der Waals surface area contributed by atoms with Crippen LogP contribution in [0.3, 0.4) is 0 Å². The van der Waals surface area contributed by atoms with E-state index in [2.05, 4.69) is 35.2 Å². The lowest BCUT2D eigenvalue weighted by Gasteiger charge is -2.45. The molecule has 2 atom stereocenters. The average molecular weight is 505 g/mol. The van der Waals surface area contributed by atoms with E-state index in [0.717, 1.165) is 25.9 Å². The first-order chi connectivity index (χ1) is 17.6. The zero-order valence-electron chi connectivity index (χ0n) is 21.0. The van der Waals surface area contributed by atoms with Gasteiger partial charge in [0.1, 0.15) is 5.75 Å². The van der Waals surface area contributed by atoms with E-state index in [1.54, 1.807) is 35.7 Å². The molecule has 0 N–H and O–H groups in total. The van der Waals surface area contributed by atoms with Crippen LogP contribution in [0.5, 0.6) is 5.75 Å². The van der Waals surface area contributed by atoms with Crippen LogP contribution in [0.15, 0.2) is 89.8 Å². The lowest BCUT2D eigenvalue weighted by molar-refractivity contribution is 0.107. The summed E-state index contributed by atoms with van der Waals surface area (Å²) in [6, 6.07) is 27.6. The molecule has 36 heavy (non-hydrogen) atoms. The number of nitrogens with zero attached hydrogens (tertiary/aromatic N) is 2. The maximum Gasteiger partial charge on any atom is 0.264 e. The van der Waals surface area contributed by atoms with Gasteiger partial charge in [-0.15, -0.1) is 0 Å². The Morgan fingerprint density at radius 3 is 2.17 bits per heavy atom. The van der Waals surface area contributed by atoms with Gasteiger partial charge in [0.15, 0.2) is 0 Å². The molecule has 0 amide bonds. The van der Waals surface area contributed by atoms with Gasteiger partial charge >= 0.3 is 0 Å². The first kappa shape index (κ1) is 24.8. The van der Waals surface area contributed by atoms with E-state index in [4.69, 9.17) is 4.74 Å². The van der Waals surface area contributed by atoms with Gasteiger partial charge in [-0.2, -0.15) is 0 Å². The molecule has 1 saturated carbocycles. The average Bonchev–Trinajstić information content (AvgIpc) is 2.94. The van der Waals surface area contributed by atoms with E-state index in [1.807, 2.05) is 30.3 Å². The van der Waals surface area contributed by atoms with Gasteiger partial charge in [-0.3, -0.25) is 9.21 Å². The van der Waals surface area contributed by atoms with Crippen molar-refractivity contribution in [2.24, 2.45) is 0 Å². The number of anilines is 1. The first-order valence-corrected chi connectivity index (χ1v) is 14.5. The summed E-state index contributed by atoms with van der Waals surface area (Å²) in [7, 11) is -2.10. The van der Waals surface area contributed by atoms with Crippen LogP contribution in [-0.2, 0) is 10.0 Å². The molecule has 6 heteroatoms. The zero-order chi connectivity index (χ0) is 25.0. The molecule has 2 fully saturated rings. The Morgan fingerprint density at radius 1 is 0.806 bits per heavy atom. The van der Waals surface area contributed by atoms with E-state index in [9.17, 15) is 8.42 Å². The minimum Gasteiger partial charge on any atom is -0.497 e. The van der Waals surface area contributed by atoms with Gasteiger partial charge in [0.05, 0.1) is 17.7 Å². The van der Waals surface area contributed by atoms with Crippen LogP contribution < -0.4 is 9.04 Å². The summed E-state index contributed by atoms with van der Waals surface area (Å²) < 4.78 is 34.9. The number of sulfonamides is 1. The van der Waals surface area contributed by atoms with Crippen molar-refractivity contribution >= 4 is 15.7 Å². The second kappa shape index (κ2) is 11.1. The molecule has 1 saturated heterocycles. The molecular formula is C30H36N2O3S. The third-order valence-electron chi connectivity index (χ3n) is 7.86. The van der Waals surface area contributed by atoms with Gasteiger partial charge in [-0.05, 0) is 61.4 Å². The molecule has 0 radical (unpaired) electrons. The van der Waals surface area contributed by atoms with E-state index in [-0.39, 0.29) is 6.04 Å². The third-order valence-corrected chi connectivity index (χ3v) is 9.76. The summed E-state index contributed by atoms with van der Waals surface area (Å²) in [6.45, 7) is 1.81. The Balaban J connectivity index is 1.40. The van der Waals surface area contributed by atoms with Crippen LogP contribution >= 0.6 is 0 Å². The maximum atomic E-state index is 13.9. The number of ether oxygens (including phenoxy) is 1. The fraction of sp³-hybridized carbons (Fsp3) is 0.400. The van der Waals surface area contributed by atoms with Crippen LogP contribution in [0, 0.1) is 0 Å². The molecule has 190 valence electrons. The van der Waals surface area contributed by atoms with Gasteiger partial charge in [0.25, 0.3) is 10.0 Å². The fourth-order valence-electron chi connectivity index (χ4n) is 6.09.